The van der Waals surface area contributed by atoms with E-state index in [-0.39, 0.29) is 18.0 Å². The zero-order valence-electron chi connectivity index (χ0n) is 8.05. The Bertz CT molecular complexity index is 338. The molecule has 0 bridgehead atoms. The summed E-state index contributed by atoms with van der Waals surface area (Å²) >= 11 is 0. The Morgan fingerprint density at radius 2 is 2.36 bits per heavy atom. The number of nitrogens with zero attached hydrogens (tertiary/aromatic N) is 2. The molecule has 2 unspecified atom stereocenters. The number of carbonyl (C=O) groups excluding carboxylic acids is 1. The van der Waals surface area contributed by atoms with E-state index < -0.39 is 0 Å². The van der Waals surface area contributed by atoms with Crippen molar-refractivity contribution < 1.29 is 4.79 Å². The Balaban J connectivity index is 2.26. The Morgan fingerprint density at radius 3 is 2.86 bits per heavy atom. The Kier molecular flexibility index (Phi) is 2.21. The van der Waals surface area contributed by atoms with Crippen LogP contribution in [0.4, 0.5) is 0 Å². The summed E-state index contributed by atoms with van der Waals surface area (Å²) in [5.41, 5.74) is 6.59. The molecule has 1 saturated heterocycles. The standard InChI is InChI=1S/C10H13N3O/c1-13-9(6-7(11)10(13)14)8-4-2-3-5-12-8/h2-5,7,9H,6,11H2,1H3. The van der Waals surface area contributed by atoms with Crippen molar-refractivity contribution in [2.45, 2.75) is 18.5 Å². The van der Waals surface area contributed by atoms with E-state index in [0.29, 0.717) is 6.42 Å². The van der Waals surface area contributed by atoms with Crippen molar-refractivity contribution in [2.24, 2.45) is 5.73 Å². The molecule has 2 atom stereocenters. The molecule has 1 aromatic rings. The largest absolute Gasteiger partial charge is 0.336 e. The van der Waals surface area contributed by atoms with Crippen molar-refractivity contribution in [1.29, 1.82) is 0 Å². The van der Waals surface area contributed by atoms with Gasteiger partial charge in [-0.3, -0.25) is 9.78 Å². The maximum absolute atomic E-state index is 11.5. The van der Waals surface area contributed by atoms with E-state index in [1.54, 1.807) is 18.1 Å². The normalized spacial score (nSPS) is 27.0. The summed E-state index contributed by atoms with van der Waals surface area (Å²) in [6, 6.07) is 5.38. The number of nitrogens with two attached hydrogens (primary N) is 1. The predicted molar refractivity (Wildman–Crippen MR) is 52.3 cm³/mol. The molecule has 74 valence electrons. The van der Waals surface area contributed by atoms with Crippen molar-refractivity contribution in [1.82, 2.24) is 9.88 Å². The number of likely N-dealkylation sites (N-methyl/N-ethyl adjacent to an activating group) is 1. The van der Waals surface area contributed by atoms with Crippen molar-refractivity contribution in [2.75, 3.05) is 7.05 Å². The molecule has 2 N–H and O–H groups in total. The van der Waals surface area contributed by atoms with Gasteiger partial charge >= 0.3 is 0 Å². The minimum atomic E-state index is -0.369. The molecular formula is C10H13N3O. The molecule has 4 nitrogen and oxygen atoms in total. The van der Waals surface area contributed by atoms with Gasteiger partial charge in [-0.25, -0.2) is 0 Å². The van der Waals surface area contributed by atoms with Crippen molar-refractivity contribution in [3.63, 3.8) is 0 Å². The van der Waals surface area contributed by atoms with Crippen LogP contribution >= 0.6 is 0 Å². The maximum Gasteiger partial charge on any atom is 0.239 e. The third-order valence-corrected chi connectivity index (χ3v) is 2.64. The molecule has 2 rings (SSSR count). The molecule has 1 aromatic heterocycles. The lowest BCUT2D eigenvalue weighted by Gasteiger charge is -2.18. The lowest BCUT2D eigenvalue weighted by molar-refractivity contribution is -0.128. The molecule has 1 fully saturated rings. The fourth-order valence-corrected chi connectivity index (χ4v) is 1.81. The van der Waals surface area contributed by atoms with Crippen LogP contribution in [0, 0.1) is 0 Å². The summed E-state index contributed by atoms with van der Waals surface area (Å²) in [6.45, 7) is 0. The summed E-state index contributed by atoms with van der Waals surface area (Å²) < 4.78 is 0. The molecule has 1 aliphatic rings. The predicted octanol–water partition coefficient (Wildman–Crippen LogP) is 0.312. The fraction of sp³-hybridized carbons (Fsp3) is 0.400. The number of aromatic nitrogens is 1. The van der Waals surface area contributed by atoms with E-state index in [2.05, 4.69) is 4.98 Å². The van der Waals surface area contributed by atoms with Crippen LogP contribution in [0.3, 0.4) is 0 Å². The Morgan fingerprint density at radius 1 is 1.57 bits per heavy atom. The monoisotopic (exact) mass is 191 g/mol. The molecule has 2 heterocycles. The summed E-state index contributed by atoms with van der Waals surface area (Å²) in [4.78, 5) is 17.4. The number of pyridine rings is 1. The van der Waals surface area contributed by atoms with Crippen molar-refractivity contribution >= 4 is 5.91 Å². The van der Waals surface area contributed by atoms with E-state index in [0.717, 1.165) is 5.69 Å². The van der Waals surface area contributed by atoms with Crippen LogP contribution in [0.2, 0.25) is 0 Å². The number of likely N-dealkylation sites (tertiary alicyclic amines) is 1. The number of amides is 1. The Labute approximate surface area is 82.7 Å². The average Bonchev–Trinajstić information content (AvgIpc) is 2.47. The second kappa shape index (κ2) is 3.38. The van der Waals surface area contributed by atoms with Gasteiger partial charge in [-0.05, 0) is 18.6 Å². The number of hydrogen-bond donors (Lipinski definition) is 1. The molecule has 4 heteroatoms. The van der Waals surface area contributed by atoms with Crippen LogP contribution < -0.4 is 5.73 Å². The van der Waals surface area contributed by atoms with Crippen LogP contribution in [0.15, 0.2) is 24.4 Å². The second-order valence-corrected chi connectivity index (χ2v) is 3.56. The molecular weight excluding hydrogens is 178 g/mol. The highest BCUT2D eigenvalue weighted by molar-refractivity contribution is 5.84. The molecule has 0 aliphatic carbocycles. The van der Waals surface area contributed by atoms with E-state index in [1.807, 2.05) is 18.2 Å². The fourth-order valence-electron chi connectivity index (χ4n) is 1.81. The first-order chi connectivity index (χ1) is 6.70. The third-order valence-electron chi connectivity index (χ3n) is 2.64. The topological polar surface area (TPSA) is 59.2 Å². The summed E-state index contributed by atoms with van der Waals surface area (Å²) in [5, 5.41) is 0. The van der Waals surface area contributed by atoms with E-state index in [1.165, 1.54) is 0 Å². The zero-order chi connectivity index (χ0) is 10.1. The van der Waals surface area contributed by atoms with E-state index >= 15 is 0 Å². The van der Waals surface area contributed by atoms with Gasteiger partial charge in [0.25, 0.3) is 0 Å². The van der Waals surface area contributed by atoms with Crippen LogP contribution in [0.5, 0.6) is 0 Å². The molecule has 14 heavy (non-hydrogen) atoms. The maximum atomic E-state index is 11.5. The lowest BCUT2D eigenvalue weighted by Crippen LogP contribution is -2.31. The summed E-state index contributed by atoms with van der Waals surface area (Å²) in [5.74, 6) is 0.000605. The van der Waals surface area contributed by atoms with Crippen LogP contribution in [-0.2, 0) is 4.79 Å². The smallest absolute Gasteiger partial charge is 0.239 e. The minimum absolute atomic E-state index is 0.000605. The molecule has 0 saturated carbocycles. The van der Waals surface area contributed by atoms with Gasteiger partial charge in [0, 0.05) is 13.2 Å². The van der Waals surface area contributed by atoms with E-state index in [4.69, 9.17) is 5.73 Å². The summed E-state index contributed by atoms with van der Waals surface area (Å²) in [7, 11) is 1.77. The van der Waals surface area contributed by atoms with Crippen LogP contribution in [0.25, 0.3) is 0 Å². The molecule has 0 spiro atoms. The van der Waals surface area contributed by atoms with Gasteiger partial charge in [-0.2, -0.15) is 0 Å². The first kappa shape index (κ1) is 9.15. The number of rotatable bonds is 1. The van der Waals surface area contributed by atoms with Crippen molar-refractivity contribution in [3.05, 3.63) is 30.1 Å². The van der Waals surface area contributed by atoms with Crippen LogP contribution in [-0.4, -0.2) is 28.9 Å². The highest BCUT2D eigenvalue weighted by Gasteiger charge is 2.36. The average molecular weight is 191 g/mol. The minimum Gasteiger partial charge on any atom is -0.336 e. The number of hydrogen-bond acceptors (Lipinski definition) is 3. The molecule has 1 aliphatic heterocycles. The van der Waals surface area contributed by atoms with Gasteiger partial charge in [0.05, 0.1) is 17.8 Å². The van der Waals surface area contributed by atoms with Gasteiger partial charge in [-0.1, -0.05) is 6.07 Å². The number of carbonyl (C=O) groups is 1. The second-order valence-electron chi connectivity index (χ2n) is 3.56. The van der Waals surface area contributed by atoms with Crippen molar-refractivity contribution in [3.8, 4) is 0 Å². The van der Waals surface area contributed by atoms with Gasteiger partial charge in [0.15, 0.2) is 0 Å². The highest BCUT2D eigenvalue weighted by Crippen LogP contribution is 2.28. The first-order valence-electron chi connectivity index (χ1n) is 4.63. The summed E-state index contributed by atoms with van der Waals surface area (Å²) in [6.07, 6.45) is 2.39. The van der Waals surface area contributed by atoms with E-state index in [9.17, 15) is 4.79 Å². The van der Waals surface area contributed by atoms with Gasteiger partial charge in [0.1, 0.15) is 0 Å². The molecule has 1 amide bonds. The van der Waals surface area contributed by atoms with Gasteiger partial charge < -0.3 is 10.6 Å². The first-order valence-corrected chi connectivity index (χ1v) is 4.63. The third kappa shape index (κ3) is 1.37. The van der Waals surface area contributed by atoms with Gasteiger partial charge in [0.2, 0.25) is 5.91 Å². The van der Waals surface area contributed by atoms with Crippen LogP contribution in [0.1, 0.15) is 18.2 Å². The molecule has 0 radical (unpaired) electrons. The Hall–Kier alpha value is -1.42. The quantitative estimate of drug-likeness (QED) is 0.695. The molecule has 0 aromatic carbocycles. The lowest BCUT2D eigenvalue weighted by atomic mass is 10.1. The van der Waals surface area contributed by atoms with Gasteiger partial charge in [-0.15, -0.1) is 0 Å². The SMILES string of the molecule is CN1C(=O)C(N)CC1c1ccccn1. The zero-order valence-corrected chi connectivity index (χ0v) is 8.05. The highest BCUT2D eigenvalue weighted by atomic mass is 16.2.